The van der Waals surface area contributed by atoms with Crippen LogP contribution in [0.4, 0.5) is 22.4 Å². The third-order valence-electron chi connectivity index (χ3n) is 6.92. The third kappa shape index (κ3) is 6.03. The van der Waals surface area contributed by atoms with Crippen LogP contribution in [-0.4, -0.2) is 26.3 Å². The van der Waals surface area contributed by atoms with Crippen LogP contribution in [0.25, 0.3) is 0 Å². The molecule has 1 saturated carbocycles. The van der Waals surface area contributed by atoms with Crippen molar-refractivity contribution in [2.75, 3.05) is 14.2 Å². The molecule has 1 fully saturated rings. The van der Waals surface area contributed by atoms with Crippen molar-refractivity contribution in [3.05, 3.63) is 94.8 Å². The molecule has 0 heterocycles. The fourth-order valence-corrected chi connectivity index (χ4v) is 5.05. The highest BCUT2D eigenvalue weighted by Crippen LogP contribution is 2.41. The summed E-state index contributed by atoms with van der Waals surface area (Å²) in [4.78, 5) is 13.4. The molecule has 3 aromatic carbocycles. The monoisotopic (exact) mass is 530 g/mol. The summed E-state index contributed by atoms with van der Waals surface area (Å²) in [5.41, 5.74) is -1.67. The molecular weight excluding hydrogens is 500 g/mol. The van der Waals surface area contributed by atoms with Crippen molar-refractivity contribution >= 4 is 6.03 Å². The number of urea groups is 1. The van der Waals surface area contributed by atoms with Crippen LogP contribution in [0.2, 0.25) is 0 Å². The summed E-state index contributed by atoms with van der Waals surface area (Å²) in [5.74, 6) is -0.353. The standard InChI is InChI=1S/C29H30F4N2O3/c1-37-25-13-12-20(17-26(25)38-2)28(18-19-8-4-3-5-9-19,35-27(36)34-24-10-6-7-11-24)21-14-22(29(31,32)33)16-23(30)15-21/h3-5,8-9,12-17,24H,6-7,10-11,18H2,1-2H3,(H2,34,35,36)/t28-/m1/s1. The van der Waals surface area contributed by atoms with E-state index in [1.807, 2.05) is 6.07 Å². The maximum atomic E-state index is 14.8. The van der Waals surface area contributed by atoms with Crippen LogP contribution in [0.15, 0.2) is 66.7 Å². The first-order chi connectivity index (χ1) is 18.1. The van der Waals surface area contributed by atoms with E-state index in [2.05, 4.69) is 10.6 Å². The molecule has 0 spiro atoms. The summed E-state index contributed by atoms with van der Waals surface area (Å²) >= 11 is 0. The number of rotatable bonds is 8. The Hall–Kier alpha value is -3.75. The third-order valence-corrected chi connectivity index (χ3v) is 6.92. The number of hydrogen-bond donors (Lipinski definition) is 2. The first-order valence-electron chi connectivity index (χ1n) is 12.4. The Bertz CT molecular complexity index is 1260. The second kappa shape index (κ2) is 11.3. The lowest BCUT2D eigenvalue weighted by Crippen LogP contribution is -2.53. The van der Waals surface area contributed by atoms with Gasteiger partial charge in [-0.1, -0.05) is 49.2 Å². The number of benzene rings is 3. The van der Waals surface area contributed by atoms with Gasteiger partial charge in [0.05, 0.1) is 25.3 Å². The normalized spacial score (nSPS) is 15.5. The van der Waals surface area contributed by atoms with E-state index >= 15 is 0 Å². The van der Waals surface area contributed by atoms with Gasteiger partial charge in [0.15, 0.2) is 11.5 Å². The second-order valence-corrected chi connectivity index (χ2v) is 9.44. The largest absolute Gasteiger partial charge is 0.493 e. The van der Waals surface area contributed by atoms with Crippen molar-refractivity contribution in [1.29, 1.82) is 0 Å². The summed E-state index contributed by atoms with van der Waals surface area (Å²) in [6, 6.07) is 15.6. The van der Waals surface area contributed by atoms with Gasteiger partial charge in [-0.15, -0.1) is 0 Å². The minimum absolute atomic E-state index is 0.0438. The molecule has 3 aromatic rings. The minimum atomic E-state index is -4.79. The number of hydrogen-bond acceptors (Lipinski definition) is 3. The van der Waals surface area contributed by atoms with Gasteiger partial charge in [0.1, 0.15) is 5.82 Å². The number of halogens is 4. The molecule has 1 aliphatic carbocycles. The summed E-state index contributed by atoms with van der Waals surface area (Å²) in [5, 5.41) is 5.90. The predicted molar refractivity (Wildman–Crippen MR) is 136 cm³/mol. The lowest BCUT2D eigenvalue weighted by molar-refractivity contribution is -0.137. The minimum Gasteiger partial charge on any atom is -0.493 e. The molecule has 4 rings (SSSR count). The molecule has 2 amide bonds. The van der Waals surface area contributed by atoms with Crippen LogP contribution in [0.3, 0.4) is 0 Å². The molecule has 2 N–H and O–H groups in total. The van der Waals surface area contributed by atoms with E-state index in [1.54, 1.807) is 42.5 Å². The van der Waals surface area contributed by atoms with Gasteiger partial charge >= 0.3 is 12.2 Å². The van der Waals surface area contributed by atoms with E-state index in [0.29, 0.717) is 23.1 Å². The number of carbonyl (C=O) groups excluding carboxylic acids is 1. The van der Waals surface area contributed by atoms with Crippen LogP contribution in [0, 0.1) is 5.82 Å². The number of alkyl halides is 3. The van der Waals surface area contributed by atoms with Gasteiger partial charge in [-0.2, -0.15) is 13.2 Å². The second-order valence-electron chi connectivity index (χ2n) is 9.44. The zero-order valence-corrected chi connectivity index (χ0v) is 21.2. The first-order valence-corrected chi connectivity index (χ1v) is 12.4. The molecule has 0 bridgehead atoms. The predicted octanol–water partition coefficient (Wildman–Crippen LogP) is 6.59. The molecule has 0 unspecified atom stereocenters. The average Bonchev–Trinajstić information content (AvgIpc) is 3.40. The molecular formula is C29H30F4N2O3. The van der Waals surface area contributed by atoms with Gasteiger partial charge in [0, 0.05) is 12.5 Å². The van der Waals surface area contributed by atoms with Crippen molar-refractivity contribution in [2.24, 2.45) is 0 Å². The molecule has 1 aliphatic rings. The van der Waals surface area contributed by atoms with Crippen molar-refractivity contribution in [2.45, 2.75) is 49.9 Å². The van der Waals surface area contributed by atoms with E-state index in [9.17, 15) is 22.4 Å². The fourth-order valence-electron chi connectivity index (χ4n) is 5.05. The van der Waals surface area contributed by atoms with Crippen molar-refractivity contribution < 1.29 is 31.8 Å². The molecule has 9 heteroatoms. The maximum absolute atomic E-state index is 14.8. The van der Waals surface area contributed by atoms with Crippen molar-refractivity contribution in [3.63, 3.8) is 0 Å². The summed E-state index contributed by atoms with van der Waals surface area (Å²) in [6.07, 6.45) is -1.16. The van der Waals surface area contributed by atoms with Crippen LogP contribution in [-0.2, 0) is 18.1 Å². The number of methoxy groups -OCH3 is 2. The van der Waals surface area contributed by atoms with E-state index in [-0.39, 0.29) is 18.0 Å². The Morgan fingerprint density at radius 1 is 0.868 bits per heavy atom. The Morgan fingerprint density at radius 2 is 1.53 bits per heavy atom. The fraction of sp³-hybridized carbons (Fsp3) is 0.345. The van der Waals surface area contributed by atoms with E-state index < -0.39 is 29.1 Å². The Balaban J connectivity index is 1.94. The van der Waals surface area contributed by atoms with Gasteiger partial charge in [-0.05, 0) is 59.9 Å². The summed E-state index contributed by atoms with van der Waals surface area (Å²) in [7, 11) is 2.90. The Kier molecular flexibility index (Phi) is 8.14. The van der Waals surface area contributed by atoms with Crippen LogP contribution >= 0.6 is 0 Å². The molecule has 0 aliphatic heterocycles. The maximum Gasteiger partial charge on any atom is 0.416 e. The molecule has 38 heavy (non-hydrogen) atoms. The molecule has 0 radical (unpaired) electrons. The lowest BCUT2D eigenvalue weighted by atomic mass is 9.77. The van der Waals surface area contributed by atoms with E-state index in [1.165, 1.54) is 14.2 Å². The zero-order chi connectivity index (χ0) is 27.3. The summed E-state index contributed by atoms with van der Waals surface area (Å²) < 4.78 is 67.1. The van der Waals surface area contributed by atoms with Gasteiger partial charge in [-0.25, -0.2) is 9.18 Å². The number of amides is 2. The van der Waals surface area contributed by atoms with Gasteiger partial charge in [0.25, 0.3) is 0 Å². The highest BCUT2D eigenvalue weighted by Gasteiger charge is 2.40. The van der Waals surface area contributed by atoms with Gasteiger partial charge in [0.2, 0.25) is 0 Å². The highest BCUT2D eigenvalue weighted by atomic mass is 19.4. The highest BCUT2D eigenvalue weighted by molar-refractivity contribution is 5.76. The first kappa shape index (κ1) is 27.3. The topological polar surface area (TPSA) is 59.6 Å². The molecule has 1 atom stereocenters. The van der Waals surface area contributed by atoms with Gasteiger partial charge in [-0.3, -0.25) is 0 Å². The smallest absolute Gasteiger partial charge is 0.416 e. The molecule has 5 nitrogen and oxygen atoms in total. The molecule has 0 saturated heterocycles. The Morgan fingerprint density at radius 3 is 2.16 bits per heavy atom. The quantitative estimate of drug-likeness (QED) is 0.323. The van der Waals surface area contributed by atoms with Crippen LogP contribution in [0.1, 0.15) is 47.9 Å². The lowest BCUT2D eigenvalue weighted by Gasteiger charge is -2.37. The van der Waals surface area contributed by atoms with Gasteiger partial charge < -0.3 is 20.1 Å². The number of ether oxygens (including phenoxy) is 2. The number of carbonyl (C=O) groups is 1. The van der Waals surface area contributed by atoms with E-state index in [4.69, 9.17) is 9.47 Å². The SMILES string of the molecule is COc1ccc([C@@](Cc2ccccc2)(NC(=O)NC2CCCC2)c2cc(F)cc(C(F)(F)F)c2)cc1OC. The summed E-state index contributed by atoms with van der Waals surface area (Å²) in [6.45, 7) is 0. The van der Waals surface area contributed by atoms with Crippen molar-refractivity contribution in [1.82, 2.24) is 10.6 Å². The molecule has 202 valence electrons. The zero-order valence-electron chi connectivity index (χ0n) is 21.2. The number of nitrogens with one attached hydrogen (secondary N) is 2. The molecule has 0 aromatic heterocycles. The van der Waals surface area contributed by atoms with Crippen LogP contribution < -0.4 is 20.1 Å². The van der Waals surface area contributed by atoms with Crippen molar-refractivity contribution in [3.8, 4) is 11.5 Å². The van der Waals surface area contributed by atoms with Crippen LogP contribution in [0.5, 0.6) is 11.5 Å². The Labute approximate surface area is 219 Å². The average molecular weight is 531 g/mol. The van der Waals surface area contributed by atoms with E-state index in [0.717, 1.165) is 43.4 Å².